The summed E-state index contributed by atoms with van der Waals surface area (Å²) in [6.07, 6.45) is 0. The van der Waals surface area contributed by atoms with Crippen molar-refractivity contribution in [2.75, 3.05) is 11.9 Å². The number of hydrogen-bond donors (Lipinski definition) is 0. The topological polar surface area (TPSA) is 3.24 Å². The van der Waals surface area contributed by atoms with Gasteiger partial charge in [0, 0.05) is 29.4 Å². The van der Waals surface area contributed by atoms with Crippen LogP contribution < -0.4 is 4.90 Å². The first-order valence-electron chi connectivity index (χ1n) is 12.3. The van der Waals surface area contributed by atoms with Gasteiger partial charge >= 0.3 is 0 Å². The summed E-state index contributed by atoms with van der Waals surface area (Å²) in [4.78, 5) is 2.27. The molecule has 1 aliphatic rings. The lowest BCUT2D eigenvalue weighted by atomic mass is 9.82. The Morgan fingerprint density at radius 1 is 0.486 bits per heavy atom. The Morgan fingerprint density at radius 2 is 1.09 bits per heavy atom. The summed E-state index contributed by atoms with van der Waals surface area (Å²) in [6.45, 7) is 4.66. The quantitative estimate of drug-likeness (QED) is 0.263. The SMILES string of the molecule is CN(c1ccc(-c2ccc3c(c2)-c2ccccc2C3(C)C)cc1)c1ccccc1-c1ccccc1. The van der Waals surface area contributed by atoms with Crippen LogP contribution in [0.25, 0.3) is 33.4 Å². The average Bonchev–Trinajstić information content (AvgIpc) is 3.15. The van der Waals surface area contributed by atoms with Gasteiger partial charge in [0.25, 0.3) is 0 Å². The van der Waals surface area contributed by atoms with E-state index in [1.165, 1.54) is 55.9 Å². The van der Waals surface area contributed by atoms with E-state index >= 15 is 0 Å². The number of rotatable bonds is 4. The molecular weight excluding hydrogens is 422 g/mol. The van der Waals surface area contributed by atoms with Crippen molar-refractivity contribution in [3.63, 3.8) is 0 Å². The Balaban J connectivity index is 1.34. The maximum absolute atomic E-state index is 2.37. The molecule has 0 radical (unpaired) electrons. The summed E-state index contributed by atoms with van der Waals surface area (Å²) in [7, 11) is 2.14. The van der Waals surface area contributed by atoms with Crippen LogP contribution in [0.4, 0.5) is 11.4 Å². The van der Waals surface area contributed by atoms with E-state index in [-0.39, 0.29) is 5.41 Å². The molecule has 1 aliphatic carbocycles. The summed E-state index contributed by atoms with van der Waals surface area (Å²) in [6, 6.07) is 43.9. The van der Waals surface area contributed by atoms with Gasteiger partial charge in [-0.25, -0.2) is 0 Å². The minimum atomic E-state index is 0.0448. The monoisotopic (exact) mass is 451 g/mol. The zero-order valence-corrected chi connectivity index (χ0v) is 20.5. The van der Waals surface area contributed by atoms with Crippen molar-refractivity contribution in [1.82, 2.24) is 0 Å². The highest BCUT2D eigenvalue weighted by Crippen LogP contribution is 2.49. The Bertz CT molecular complexity index is 1510. The smallest absolute Gasteiger partial charge is 0.0487 e. The van der Waals surface area contributed by atoms with Gasteiger partial charge in [-0.05, 0) is 63.2 Å². The second-order valence-corrected chi connectivity index (χ2v) is 9.92. The Labute approximate surface area is 208 Å². The van der Waals surface area contributed by atoms with E-state index in [9.17, 15) is 0 Å². The van der Waals surface area contributed by atoms with E-state index in [0.29, 0.717) is 0 Å². The van der Waals surface area contributed by atoms with Crippen LogP contribution in [0.15, 0.2) is 121 Å². The van der Waals surface area contributed by atoms with Crippen molar-refractivity contribution >= 4 is 11.4 Å². The molecule has 0 aliphatic heterocycles. The molecule has 0 aromatic heterocycles. The fraction of sp³-hybridized carbons (Fsp3) is 0.118. The van der Waals surface area contributed by atoms with Crippen molar-refractivity contribution in [2.24, 2.45) is 0 Å². The van der Waals surface area contributed by atoms with Crippen molar-refractivity contribution in [3.8, 4) is 33.4 Å². The van der Waals surface area contributed by atoms with E-state index in [1.54, 1.807) is 0 Å². The Hall–Kier alpha value is -4.10. The number of nitrogens with zero attached hydrogens (tertiary/aromatic N) is 1. The molecule has 0 atom stereocenters. The summed E-state index contributed by atoms with van der Waals surface area (Å²) < 4.78 is 0. The molecule has 0 saturated carbocycles. The van der Waals surface area contributed by atoms with Gasteiger partial charge in [0.15, 0.2) is 0 Å². The van der Waals surface area contributed by atoms with Crippen molar-refractivity contribution in [1.29, 1.82) is 0 Å². The third-order valence-corrected chi connectivity index (χ3v) is 7.52. The minimum absolute atomic E-state index is 0.0448. The summed E-state index contributed by atoms with van der Waals surface area (Å²) >= 11 is 0. The van der Waals surface area contributed by atoms with Gasteiger partial charge in [0.1, 0.15) is 0 Å². The van der Waals surface area contributed by atoms with E-state index in [1.807, 2.05) is 0 Å². The Morgan fingerprint density at radius 3 is 1.86 bits per heavy atom. The molecule has 0 fully saturated rings. The fourth-order valence-electron chi connectivity index (χ4n) is 5.54. The van der Waals surface area contributed by atoms with E-state index in [4.69, 9.17) is 0 Å². The lowest BCUT2D eigenvalue weighted by molar-refractivity contribution is 0.660. The molecule has 6 rings (SSSR count). The highest BCUT2D eigenvalue weighted by atomic mass is 15.1. The van der Waals surface area contributed by atoms with Gasteiger partial charge in [-0.1, -0.05) is 111 Å². The number of para-hydroxylation sites is 1. The molecule has 0 heterocycles. The molecule has 0 saturated heterocycles. The highest BCUT2D eigenvalue weighted by molar-refractivity contribution is 5.85. The number of benzene rings is 5. The van der Waals surface area contributed by atoms with Crippen molar-refractivity contribution < 1.29 is 0 Å². The summed E-state index contributed by atoms with van der Waals surface area (Å²) in [5.74, 6) is 0. The van der Waals surface area contributed by atoms with Crippen LogP contribution in [0.3, 0.4) is 0 Å². The fourth-order valence-corrected chi connectivity index (χ4v) is 5.54. The van der Waals surface area contributed by atoms with Gasteiger partial charge in [0.2, 0.25) is 0 Å². The molecule has 0 unspecified atom stereocenters. The molecule has 0 amide bonds. The molecule has 1 heteroatoms. The van der Waals surface area contributed by atoms with Crippen LogP contribution in [0.1, 0.15) is 25.0 Å². The molecular formula is C34H29N. The van der Waals surface area contributed by atoms with E-state index < -0.39 is 0 Å². The standard InChI is InChI=1S/C34H29N/c1-34(2)31-15-9-7-14-29(31)30-23-26(19-22-32(30)34)24-17-20-27(21-18-24)35(3)33-16-10-8-13-28(33)25-11-5-4-6-12-25/h4-23H,1-3H3. The molecule has 35 heavy (non-hydrogen) atoms. The molecule has 1 nitrogen and oxygen atoms in total. The molecule has 0 bridgehead atoms. The first-order chi connectivity index (χ1) is 17.0. The van der Waals surface area contributed by atoms with Crippen LogP contribution in [0.2, 0.25) is 0 Å². The average molecular weight is 452 g/mol. The first-order valence-corrected chi connectivity index (χ1v) is 12.3. The van der Waals surface area contributed by atoms with Gasteiger partial charge in [-0.2, -0.15) is 0 Å². The lowest BCUT2D eigenvalue weighted by Gasteiger charge is -2.23. The predicted molar refractivity (Wildman–Crippen MR) is 149 cm³/mol. The number of anilines is 2. The summed E-state index contributed by atoms with van der Waals surface area (Å²) in [5, 5.41) is 0. The first kappa shape index (κ1) is 21.4. The number of hydrogen-bond acceptors (Lipinski definition) is 1. The van der Waals surface area contributed by atoms with Gasteiger partial charge < -0.3 is 4.90 Å². The maximum atomic E-state index is 2.37. The van der Waals surface area contributed by atoms with Crippen LogP contribution in [0, 0.1) is 0 Å². The largest absolute Gasteiger partial charge is 0.344 e. The van der Waals surface area contributed by atoms with E-state index in [2.05, 4.69) is 147 Å². The third-order valence-electron chi connectivity index (χ3n) is 7.52. The van der Waals surface area contributed by atoms with Gasteiger partial charge in [-0.3, -0.25) is 0 Å². The molecule has 5 aromatic carbocycles. The highest BCUT2D eigenvalue weighted by Gasteiger charge is 2.35. The third kappa shape index (κ3) is 3.56. The maximum Gasteiger partial charge on any atom is 0.0487 e. The van der Waals surface area contributed by atoms with Crippen LogP contribution >= 0.6 is 0 Å². The van der Waals surface area contributed by atoms with Crippen LogP contribution in [-0.4, -0.2) is 7.05 Å². The van der Waals surface area contributed by atoms with Crippen LogP contribution in [0.5, 0.6) is 0 Å². The second kappa shape index (κ2) is 8.29. The second-order valence-electron chi connectivity index (χ2n) is 9.92. The van der Waals surface area contributed by atoms with Crippen molar-refractivity contribution in [2.45, 2.75) is 19.3 Å². The molecule has 170 valence electrons. The van der Waals surface area contributed by atoms with E-state index in [0.717, 1.165) is 0 Å². The van der Waals surface area contributed by atoms with Crippen molar-refractivity contribution in [3.05, 3.63) is 132 Å². The summed E-state index contributed by atoms with van der Waals surface area (Å²) in [5.41, 5.74) is 12.9. The molecule has 5 aromatic rings. The molecule has 0 N–H and O–H groups in total. The normalized spacial score (nSPS) is 13.2. The van der Waals surface area contributed by atoms with Gasteiger partial charge in [-0.15, -0.1) is 0 Å². The zero-order valence-electron chi connectivity index (χ0n) is 20.5. The molecule has 0 spiro atoms. The minimum Gasteiger partial charge on any atom is -0.344 e. The predicted octanol–water partition coefficient (Wildman–Crippen LogP) is 9.09. The zero-order chi connectivity index (χ0) is 24.0. The van der Waals surface area contributed by atoms with Gasteiger partial charge in [0.05, 0.1) is 0 Å². The Kier molecular flexibility index (Phi) is 5.07. The number of fused-ring (bicyclic) bond motifs is 3. The van der Waals surface area contributed by atoms with Crippen LogP contribution in [-0.2, 0) is 5.41 Å². The lowest BCUT2D eigenvalue weighted by Crippen LogP contribution is -2.14.